The third kappa shape index (κ3) is 2.72. The van der Waals surface area contributed by atoms with Crippen LogP contribution in [-0.4, -0.2) is 32.1 Å². The number of benzene rings is 1. The Balaban J connectivity index is 3.16. The van der Waals surface area contributed by atoms with Crippen LogP contribution in [0.2, 0.25) is 0 Å². The van der Waals surface area contributed by atoms with Gasteiger partial charge in [-0.1, -0.05) is 6.07 Å². The van der Waals surface area contributed by atoms with Gasteiger partial charge in [-0.3, -0.25) is 4.79 Å². The van der Waals surface area contributed by atoms with Gasteiger partial charge >= 0.3 is 0 Å². The van der Waals surface area contributed by atoms with E-state index in [0.29, 0.717) is 17.1 Å². The SMILES string of the molecule is COc1ccc(C(C#N)N(C)C(C)=O)cc1OC. The van der Waals surface area contributed by atoms with E-state index in [1.54, 1.807) is 32.4 Å². The van der Waals surface area contributed by atoms with Gasteiger partial charge in [0.2, 0.25) is 5.91 Å². The summed E-state index contributed by atoms with van der Waals surface area (Å²) < 4.78 is 10.3. The zero-order chi connectivity index (χ0) is 13.7. The van der Waals surface area contributed by atoms with E-state index in [-0.39, 0.29) is 5.91 Å². The summed E-state index contributed by atoms with van der Waals surface area (Å²) in [6.07, 6.45) is 0. The number of carbonyl (C=O) groups excluding carboxylic acids is 1. The lowest BCUT2D eigenvalue weighted by Crippen LogP contribution is -2.28. The number of amides is 1. The lowest BCUT2D eigenvalue weighted by Gasteiger charge is -2.22. The first kappa shape index (κ1) is 13.8. The molecular formula is C13H16N2O3. The summed E-state index contributed by atoms with van der Waals surface area (Å²) in [5, 5.41) is 9.17. The van der Waals surface area contributed by atoms with Crippen molar-refractivity contribution >= 4 is 5.91 Å². The largest absolute Gasteiger partial charge is 0.493 e. The highest BCUT2D eigenvalue weighted by Crippen LogP contribution is 2.31. The van der Waals surface area contributed by atoms with Crippen LogP contribution < -0.4 is 9.47 Å². The van der Waals surface area contributed by atoms with Crippen LogP contribution in [-0.2, 0) is 4.79 Å². The summed E-state index contributed by atoms with van der Waals surface area (Å²) in [7, 11) is 4.66. The van der Waals surface area contributed by atoms with Crippen molar-refractivity contribution in [3.05, 3.63) is 23.8 Å². The Kier molecular flexibility index (Phi) is 4.55. The number of hydrogen-bond acceptors (Lipinski definition) is 4. The topological polar surface area (TPSA) is 62.6 Å². The quantitative estimate of drug-likeness (QED) is 0.814. The minimum absolute atomic E-state index is 0.170. The number of carbonyl (C=O) groups is 1. The molecule has 0 saturated heterocycles. The molecule has 1 aromatic rings. The lowest BCUT2D eigenvalue weighted by atomic mass is 10.1. The first-order valence-electron chi connectivity index (χ1n) is 5.40. The number of ether oxygens (including phenoxy) is 2. The van der Waals surface area contributed by atoms with E-state index in [4.69, 9.17) is 9.47 Å². The zero-order valence-electron chi connectivity index (χ0n) is 10.9. The molecular weight excluding hydrogens is 232 g/mol. The average Bonchev–Trinajstić information content (AvgIpc) is 2.39. The molecule has 0 bridgehead atoms. The maximum absolute atomic E-state index is 11.3. The van der Waals surface area contributed by atoms with Gasteiger partial charge in [0, 0.05) is 14.0 Å². The molecule has 18 heavy (non-hydrogen) atoms. The van der Waals surface area contributed by atoms with Crippen LogP contribution in [0, 0.1) is 11.3 Å². The van der Waals surface area contributed by atoms with E-state index in [2.05, 4.69) is 6.07 Å². The Morgan fingerprint density at radius 3 is 2.39 bits per heavy atom. The van der Waals surface area contributed by atoms with E-state index in [1.165, 1.54) is 18.9 Å². The summed E-state index contributed by atoms with van der Waals surface area (Å²) in [5.41, 5.74) is 0.688. The molecule has 0 aromatic heterocycles. The van der Waals surface area contributed by atoms with Gasteiger partial charge in [0.25, 0.3) is 0 Å². The minimum Gasteiger partial charge on any atom is -0.493 e. The summed E-state index contributed by atoms with van der Waals surface area (Å²) in [5.74, 6) is 0.951. The second-order valence-electron chi connectivity index (χ2n) is 3.78. The van der Waals surface area contributed by atoms with Gasteiger partial charge in [-0.15, -0.1) is 0 Å². The first-order valence-corrected chi connectivity index (χ1v) is 5.40. The molecule has 5 heteroatoms. The van der Waals surface area contributed by atoms with Gasteiger partial charge in [-0.2, -0.15) is 5.26 Å². The third-order valence-corrected chi connectivity index (χ3v) is 2.73. The highest BCUT2D eigenvalue weighted by atomic mass is 16.5. The third-order valence-electron chi connectivity index (χ3n) is 2.73. The molecule has 1 rings (SSSR count). The molecule has 1 amide bonds. The van der Waals surface area contributed by atoms with Crippen molar-refractivity contribution in [3.8, 4) is 17.6 Å². The van der Waals surface area contributed by atoms with Crippen molar-refractivity contribution in [1.82, 2.24) is 4.90 Å². The average molecular weight is 248 g/mol. The van der Waals surface area contributed by atoms with Crippen molar-refractivity contribution in [2.75, 3.05) is 21.3 Å². The molecule has 0 N–H and O–H groups in total. The van der Waals surface area contributed by atoms with Gasteiger partial charge in [-0.25, -0.2) is 0 Å². The Morgan fingerprint density at radius 1 is 1.33 bits per heavy atom. The van der Waals surface area contributed by atoms with Crippen molar-refractivity contribution < 1.29 is 14.3 Å². The minimum atomic E-state index is -0.637. The molecule has 1 atom stereocenters. The number of rotatable bonds is 4. The van der Waals surface area contributed by atoms with Crippen molar-refractivity contribution in [1.29, 1.82) is 5.26 Å². The highest BCUT2D eigenvalue weighted by molar-refractivity contribution is 5.74. The van der Waals surface area contributed by atoms with Crippen LogP contribution in [0.15, 0.2) is 18.2 Å². The molecule has 0 radical (unpaired) electrons. The molecule has 5 nitrogen and oxygen atoms in total. The Morgan fingerprint density at radius 2 is 1.94 bits per heavy atom. The summed E-state index contributed by atoms with van der Waals surface area (Å²) in [6, 6.07) is 6.62. The predicted octanol–water partition coefficient (Wildman–Crippen LogP) is 1.75. The number of methoxy groups -OCH3 is 2. The molecule has 0 aliphatic carbocycles. The van der Waals surface area contributed by atoms with E-state index in [0.717, 1.165) is 0 Å². The Bertz CT molecular complexity index is 480. The molecule has 1 unspecified atom stereocenters. The van der Waals surface area contributed by atoms with Gasteiger partial charge in [-0.05, 0) is 17.7 Å². The first-order chi connectivity index (χ1) is 8.54. The zero-order valence-corrected chi connectivity index (χ0v) is 10.9. The molecule has 0 aliphatic heterocycles. The maximum atomic E-state index is 11.3. The fourth-order valence-electron chi connectivity index (χ4n) is 1.59. The molecule has 0 saturated carbocycles. The van der Waals surface area contributed by atoms with Crippen molar-refractivity contribution in [2.45, 2.75) is 13.0 Å². The molecule has 0 aliphatic rings. The van der Waals surface area contributed by atoms with E-state index >= 15 is 0 Å². The predicted molar refractivity (Wildman–Crippen MR) is 66.3 cm³/mol. The molecule has 1 aromatic carbocycles. The molecule has 0 heterocycles. The second-order valence-corrected chi connectivity index (χ2v) is 3.78. The Hall–Kier alpha value is -2.22. The fraction of sp³-hybridized carbons (Fsp3) is 0.385. The second kappa shape index (κ2) is 5.92. The van der Waals surface area contributed by atoms with Crippen LogP contribution in [0.5, 0.6) is 11.5 Å². The van der Waals surface area contributed by atoms with Crippen LogP contribution in [0.1, 0.15) is 18.5 Å². The van der Waals surface area contributed by atoms with Crippen molar-refractivity contribution in [2.24, 2.45) is 0 Å². The number of nitriles is 1. The van der Waals surface area contributed by atoms with Crippen LogP contribution in [0.3, 0.4) is 0 Å². The van der Waals surface area contributed by atoms with Gasteiger partial charge in [0.05, 0.1) is 20.3 Å². The maximum Gasteiger partial charge on any atom is 0.220 e. The molecule has 0 spiro atoms. The van der Waals surface area contributed by atoms with Gasteiger partial charge in [0.1, 0.15) is 6.04 Å². The highest BCUT2D eigenvalue weighted by Gasteiger charge is 2.20. The monoisotopic (exact) mass is 248 g/mol. The molecule has 0 fully saturated rings. The lowest BCUT2D eigenvalue weighted by molar-refractivity contribution is -0.128. The van der Waals surface area contributed by atoms with Crippen LogP contribution in [0.25, 0.3) is 0 Å². The van der Waals surface area contributed by atoms with Crippen LogP contribution >= 0.6 is 0 Å². The van der Waals surface area contributed by atoms with E-state index in [9.17, 15) is 10.1 Å². The normalized spacial score (nSPS) is 11.3. The van der Waals surface area contributed by atoms with E-state index in [1.807, 2.05) is 0 Å². The summed E-state index contributed by atoms with van der Waals surface area (Å²) in [6.45, 7) is 1.42. The summed E-state index contributed by atoms with van der Waals surface area (Å²) >= 11 is 0. The van der Waals surface area contributed by atoms with E-state index < -0.39 is 6.04 Å². The summed E-state index contributed by atoms with van der Waals surface area (Å²) in [4.78, 5) is 12.7. The van der Waals surface area contributed by atoms with Gasteiger partial charge in [0.15, 0.2) is 11.5 Å². The Labute approximate surface area is 107 Å². The molecule has 96 valence electrons. The van der Waals surface area contributed by atoms with Crippen molar-refractivity contribution in [3.63, 3.8) is 0 Å². The number of hydrogen-bond donors (Lipinski definition) is 0. The van der Waals surface area contributed by atoms with Gasteiger partial charge < -0.3 is 14.4 Å². The standard InChI is InChI=1S/C13H16N2O3/c1-9(16)15(2)11(8-14)10-5-6-12(17-3)13(7-10)18-4/h5-7,11H,1-4H3. The number of nitrogens with zero attached hydrogens (tertiary/aromatic N) is 2. The fourth-order valence-corrected chi connectivity index (χ4v) is 1.59. The smallest absolute Gasteiger partial charge is 0.220 e. The van der Waals surface area contributed by atoms with Crippen LogP contribution in [0.4, 0.5) is 0 Å².